The lowest BCUT2D eigenvalue weighted by Crippen LogP contribution is -2.48. The number of rotatable bonds is 1. The van der Waals surface area contributed by atoms with Gasteiger partial charge in [0.1, 0.15) is 0 Å². The zero-order valence-corrected chi connectivity index (χ0v) is 7.75. The topological polar surface area (TPSA) is 23.5 Å². The second-order valence-electron chi connectivity index (χ2n) is 3.58. The van der Waals surface area contributed by atoms with E-state index in [0.29, 0.717) is 12.0 Å². The summed E-state index contributed by atoms with van der Waals surface area (Å²) in [6, 6.07) is 0.545. The van der Waals surface area contributed by atoms with E-state index in [1.807, 2.05) is 0 Å². The van der Waals surface area contributed by atoms with Crippen molar-refractivity contribution in [1.29, 1.82) is 0 Å². The zero-order valence-electron chi connectivity index (χ0n) is 7.75. The van der Waals surface area contributed by atoms with Gasteiger partial charge in [0, 0.05) is 12.6 Å². The number of aliphatic hydroxyl groups excluding tert-OH is 1. The third-order valence-electron chi connectivity index (χ3n) is 3.06. The Morgan fingerprint density at radius 3 is 2.64 bits per heavy atom. The summed E-state index contributed by atoms with van der Waals surface area (Å²) in [5.41, 5.74) is 0. The molecule has 0 unspecified atom stereocenters. The zero-order chi connectivity index (χ0) is 8.43. The first kappa shape index (κ1) is 9.01. The van der Waals surface area contributed by atoms with Crippen LogP contribution in [0.3, 0.4) is 0 Å². The van der Waals surface area contributed by atoms with Crippen LogP contribution in [0.4, 0.5) is 0 Å². The molecule has 0 bridgehead atoms. The van der Waals surface area contributed by atoms with E-state index < -0.39 is 0 Å². The van der Waals surface area contributed by atoms with Crippen molar-refractivity contribution in [2.45, 2.75) is 39.3 Å². The minimum Gasteiger partial charge on any atom is -0.393 e. The lowest BCUT2D eigenvalue weighted by atomic mass is 9.89. The van der Waals surface area contributed by atoms with E-state index in [2.05, 4.69) is 25.7 Å². The van der Waals surface area contributed by atoms with Crippen molar-refractivity contribution >= 4 is 0 Å². The molecule has 0 aromatic carbocycles. The van der Waals surface area contributed by atoms with Crippen LogP contribution in [0.25, 0.3) is 0 Å². The lowest BCUT2D eigenvalue weighted by Gasteiger charge is -2.40. The molecule has 11 heavy (non-hydrogen) atoms. The summed E-state index contributed by atoms with van der Waals surface area (Å²) in [5.74, 6) is 0.434. The molecule has 0 spiro atoms. The van der Waals surface area contributed by atoms with Crippen LogP contribution in [0.2, 0.25) is 0 Å². The third-order valence-corrected chi connectivity index (χ3v) is 3.06. The summed E-state index contributed by atoms with van der Waals surface area (Å²) in [5, 5.41) is 9.53. The second kappa shape index (κ2) is 3.55. The molecule has 3 atom stereocenters. The largest absolute Gasteiger partial charge is 0.393 e. The Bertz CT molecular complexity index is 125. The Hall–Kier alpha value is -0.0800. The summed E-state index contributed by atoms with van der Waals surface area (Å²) in [6.45, 7) is 8.69. The Balaban J connectivity index is 2.52. The third kappa shape index (κ3) is 1.74. The molecule has 1 heterocycles. The van der Waals surface area contributed by atoms with Crippen molar-refractivity contribution in [3.05, 3.63) is 0 Å². The van der Waals surface area contributed by atoms with E-state index in [1.54, 1.807) is 0 Å². The molecule has 0 radical (unpaired) electrons. The molecular weight excluding hydrogens is 138 g/mol. The molecule has 0 amide bonds. The molecule has 1 saturated heterocycles. The minimum absolute atomic E-state index is 0.0761. The van der Waals surface area contributed by atoms with Crippen molar-refractivity contribution in [3.63, 3.8) is 0 Å². The van der Waals surface area contributed by atoms with Gasteiger partial charge in [-0.15, -0.1) is 0 Å². The number of nitrogens with zero attached hydrogens (tertiary/aromatic N) is 1. The van der Waals surface area contributed by atoms with Crippen molar-refractivity contribution in [3.8, 4) is 0 Å². The Labute approximate surface area is 69.2 Å². The average Bonchev–Trinajstić information content (AvgIpc) is 2.01. The van der Waals surface area contributed by atoms with Crippen LogP contribution < -0.4 is 0 Å². The highest BCUT2D eigenvalue weighted by Crippen LogP contribution is 2.22. The molecule has 2 heteroatoms. The van der Waals surface area contributed by atoms with Crippen LogP contribution in [0.1, 0.15) is 27.2 Å². The van der Waals surface area contributed by atoms with Gasteiger partial charge in [0.25, 0.3) is 0 Å². The second-order valence-corrected chi connectivity index (χ2v) is 3.58. The van der Waals surface area contributed by atoms with E-state index in [4.69, 9.17) is 0 Å². The van der Waals surface area contributed by atoms with Crippen molar-refractivity contribution < 1.29 is 5.11 Å². The van der Waals surface area contributed by atoms with E-state index in [9.17, 15) is 5.11 Å². The molecule has 66 valence electrons. The van der Waals surface area contributed by atoms with Gasteiger partial charge in [0.15, 0.2) is 0 Å². The maximum Gasteiger partial charge on any atom is 0.0592 e. The molecular formula is C9H19NO. The molecule has 1 aliphatic rings. The standard InChI is InChI=1S/C9H19NO/c1-4-10-6-5-9(11)7(2)8(10)3/h7-9,11H,4-6H2,1-3H3/t7-,8+,9-/m1/s1. The molecule has 1 aliphatic heterocycles. The van der Waals surface area contributed by atoms with E-state index in [1.165, 1.54) is 0 Å². The van der Waals surface area contributed by atoms with E-state index in [0.717, 1.165) is 19.5 Å². The number of likely N-dealkylation sites (tertiary alicyclic amines) is 1. The highest BCUT2D eigenvalue weighted by molar-refractivity contribution is 4.83. The van der Waals surface area contributed by atoms with Gasteiger partial charge in [0.05, 0.1) is 6.10 Å². The van der Waals surface area contributed by atoms with Gasteiger partial charge in [-0.3, -0.25) is 0 Å². The van der Waals surface area contributed by atoms with Crippen LogP contribution in [-0.4, -0.2) is 35.2 Å². The highest BCUT2D eigenvalue weighted by atomic mass is 16.3. The first-order valence-corrected chi connectivity index (χ1v) is 4.59. The lowest BCUT2D eigenvalue weighted by molar-refractivity contribution is 0.000891. The molecule has 0 saturated carbocycles. The summed E-state index contributed by atoms with van der Waals surface area (Å²) in [4.78, 5) is 2.43. The normalized spacial score (nSPS) is 40.9. The minimum atomic E-state index is -0.0761. The van der Waals surface area contributed by atoms with Crippen LogP contribution in [0, 0.1) is 5.92 Å². The first-order valence-electron chi connectivity index (χ1n) is 4.59. The fraction of sp³-hybridized carbons (Fsp3) is 1.00. The number of hydrogen-bond acceptors (Lipinski definition) is 2. The predicted octanol–water partition coefficient (Wildman–Crippen LogP) is 1.10. The number of hydrogen-bond donors (Lipinski definition) is 1. The van der Waals surface area contributed by atoms with Crippen LogP contribution in [-0.2, 0) is 0 Å². The van der Waals surface area contributed by atoms with E-state index >= 15 is 0 Å². The first-order chi connectivity index (χ1) is 5.16. The number of piperidine rings is 1. The van der Waals surface area contributed by atoms with E-state index in [-0.39, 0.29) is 6.10 Å². The summed E-state index contributed by atoms with van der Waals surface area (Å²) >= 11 is 0. The quantitative estimate of drug-likeness (QED) is 0.616. The van der Waals surface area contributed by atoms with Crippen LogP contribution >= 0.6 is 0 Å². The van der Waals surface area contributed by atoms with Gasteiger partial charge in [-0.05, 0) is 25.8 Å². The Morgan fingerprint density at radius 2 is 2.09 bits per heavy atom. The molecule has 1 N–H and O–H groups in total. The monoisotopic (exact) mass is 157 g/mol. The Morgan fingerprint density at radius 1 is 1.45 bits per heavy atom. The van der Waals surface area contributed by atoms with Gasteiger partial charge < -0.3 is 10.0 Å². The molecule has 0 aliphatic carbocycles. The average molecular weight is 157 g/mol. The summed E-state index contributed by atoms with van der Waals surface area (Å²) in [7, 11) is 0. The van der Waals surface area contributed by atoms with Crippen LogP contribution in [0.15, 0.2) is 0 Å². The molecule has 1 rings (SSSR count). The van der Waals surface area contributed by atoms with Crippen LogP contribution in [0.5, 0.6) is 0 Å². The van der Waals surface area contributed by atoms with Gasteiger partial charge >= 0.3 is 0 Å². The molecule has 1 fully saturated rings. The summed E-state index contributed by atoms with van der Waals surface area (Å²) in [6.07, 6.45) is 0.868. The maximum atomic E-state index is 9.53. The smallest absolute Gasteiger partial charge is 0.0592 e. The fourth-order valence-electron chi connectivity index (χ4n) is 1.86. The van der Waals surface area contributed by atoms with Gasteiger partial charge in [-0.25, -0.2) is 0 Å². The van der Waals surface area contributed by atoms with Crippen molar-refractivity contribution in [1.82, 2.24) is 4.90 Å². The molecule has 0 aromatic heterocycles. The van der Waals surface area contributed by atoms with Gasteiger partial charge in [-0.1, -0.05) is 13.8 Å². The SMILES string of the molecule is CCN1CC[C@@H](O)[C@H](C)[C@@H]1C. The fourth-order valence-corrected chi connectivity index (χ4v) is 1.86. The molecule has 2 nitrogen and oxygen atoms in total. The summed E-state index contributed by atoms with van der Waals surface area (Å²) < 4.78 is 0. The Kier molecular flexibility index (Phi) is 2.90. The van der Waals surface area contributed by atoms with Crippen molar-refractivity contribution in [2.75, 3.05) is 13.1 Å². The van der Waals surface area contributed by atoms with Gasteiger partial charge in [-0.2, -0.15) is 0 Å². The number of aliphatic hydroxyl groups is 1. The molecule has 0 aromatic rings. The maximum absolute atomic E-state index is 9.53. The van der Waals surface area contributed by atoms with Crippen molar-refractivity contribution in [2.24, 2.45) is 5.92 Å². The van der Waals surface area contributed by atoms with Gasteiger partial charge in [0.2, 0.25) is 0 Å². The highest BCUT2D eigenvalue weighted by Gasteiger charge is 2.29. The predicted molar refractivity (Wildman–Crippen MR) is 46.5 cm³/mol.